The fraction of sp³-hybridized carbons (Fsp3) is 0.387. The number of ether oxygens (including phenoxy) is 2. The van der Waals surface area contributed by atoms with E-state index in [4.69, 9.17) is 26.1 Å². The Balaban J connectivity index is 1.02. The van der Waals surface area contributed by atoms with Crippen molar-refractivity contribution in [3.05, 3.63) is 82.9 Å². The summed E-state index contributed by atoms with van der Waals surface area (Å²) in [5.41, 5.74) is 3.00. The highest BCUT2D eigenvalue weighted by Crippen LogP contribution is 2.31. The molecule has 0 spiro atoms. The molecule has 1 unspecified atom stereocenters. The largest absolute Gasteiger partial charge is 0.474 e. The molecule has 7 rings (SSSR count). The van der Waals surface area contributed by atoms with Gasteiger partial charge in [-0.2, -0.15) is 23.1 Å². The van der Waals surface area contributed by atoms with E-state index >= 15 is 0 Å². The summed E-state index contributed by atoms with van der Waals surface area (Å²) in [7, 11) is 0. The van der Waals surface area contributed by atoms with Crippen LogP contribution in [0.1, 0.15) is 42.4 Å². The van der Waals surface area contributed by atoms with E-state index in [1.807, 2.05) is 30.3 Å². The summed E-state index contributed by atoms with van der Waals surface area (Å²) >= 11 is 6.00. The molecule has 45 heavy (non-hydrogen) atoms. The minimum atomic E-state index is -4.71. The normalized spacial score (nSPS) is 17.9. The molecule has 234 valence electrons. The van der Waals surface area contributed by atoms with Gasteiger partial charge >= 0.3 is 12.1 Å². The van der Waals surface area contributed by atoms with Crippen LogP contribution in [0.4, 0.5) is 13.2 Å². The fourth-order valence-electron chi connectivity index (χ4n) is 5.60. The molecule has 0 radical (unpaired) electrons. The quantitative estimate of drug-likeness (QED) is 0.193. The molecule has 0 bridgehead atoms. The molecule has 5 aromatic rings. The number of rotatable bonds is 9. The second-order valence-corrected chi connectivity index (χ2v) is 11.7. The molecule has 0 aliphatic carbocycles. The Morgan fingerprint density at radius 2 is 1.78 bits per heavy atom. The van der Waals surface area contributed by atoms with Crippen LogP contribution in [0.15, 0.2) is 59.3 Å². The summed E-state index contributed by atoms with van der Waals surface area (Å²) in [4.78, 5) is 19.8. The predicted octanol–water partition coefficient (Wildman–Crippen LogP) is 5.97. The lowest BCUT2D eigenvalue weighted by Gasteiger charge is -2.32. The smallest absolute Gasteiger partial charge is 0.471 e. The number of halogens is 4. The first-order chi connectivity index (χ1) is 21.8. The molecule has 10 nitrogen and oxygen atoms in total. The number of aromatic nitrogens is 6. The average molecular weight is 640 g/mol. The van der Waals surface area contributed by atoms with Gasteiger partial charge in [-0.1, -0.05) is 28.9 Å². The molecule has 3 aromatic heterocycles. The van der Waals surface area contributed by atoms with Gasteiger partial charge in [-0.25, -0.2) is 9.97 Å². The highest BCUT2D eigenvalue weighted by molar-refractivity contribution is 6.30. The van der Waals surface area contributed by atoms with Gasteiger partial charge in [-0.15, -0.1) is 0 Å². The minimum absolute atomic E-state index is 0.0285. The zero-order valence-corrected chi connectivity index (χ0v) is 24.8. The highest BCUT2D eigenvalue weighted by Gasteiger charge is 2.38. The second kappa shape index (κ2) is 12.4. The first kappa shape index (κ1) is 29.6. The third-order valence-electron chi connectivity index (χ3n) is 8.08. The molecule has 0 N–H and O–H groups in total. The van der Waals surface area contributed by atoms with Crippen molar-refractivity contribution in [2.45, 2.75) is 57.2 Å². The summed E-state index contributed by atoms with van der Waals surface area (Å²) in [6.45, 7) is 3.62. The van der Waals surface area contributed by atoms with E-state index in [0.29, 0.717) is 47.3 Å². The van der Waals surface area contributed by atoms with Gasteiger partial charge < -0.3 is 18.6 Å². The van der Waals surface area contributed by atoms with Gasteiger partial charge in [-0.05, 0) is 55.2 Å². The van der Waals surface area contributed by atoms with Crippen LogP contribution in [0.5, 0.6) is 5.88 Å². The number of hydrogen-bond donors (Lipinski definition) is 0. The summed E-state index contributed by atoms with van der Waals surface area (Å²) in [6, 6.07) is 14.6. The van der Waals surface area contributed by atoms with Crippen LogP contribution in [-0.2, 0) is 30.4 Å². The minimum Gasteiger partial charge on any atom is -0.474 e. The summed E-state index contributed by atoms with van der Waals surface area (Å²) in [5, 5.41) is 4.21. The van der Waals surface area contributed by atoms with E-state index in [1.165, 1.54) is 0 Å². The van der Waals surface area contributed by atoms with E-state index in [0.717, 1.165) is 55.9 Å². The molecule has 2 fully saturated rings. The van der Waals surface area contributed by atoms with Crippen molar-refractivity contribution >= 4 is 22.6 Å². The van der Waals surface area contributed by atoms with Crippen molar-refractivity contribution < 1.29 is 27.2 Å². The Morgan fingerprint density at radius 3 is 2.49 bits per heavy atom. The Labute approximate surface area is 261 Å². The molecule has 2 aliphatic heterocycles. The van der Waals surface area contributed by atoms with Gasteiger partial charge in [0.05, 0.1) is 30.2 Å². The van der Waals surface area contributed by atoms with Crippen LogP contribution >= 0.6 is 11.6 Å². The van der Waals surface area contributed by atoms with Crippen LogP contribution in [0, 0.1) is 0 Å². The van der Waals surface area contributed by atoms with Crippen molar-refractivity contribution in [3.63, 3.8) is 0 Å². The van der Waals surface area contributed by atoms with Crippen LogP contribution in [0.2, 0.25) is 5.02 Å². The third kappa shape index (κ3) is 6.80. The summed E-state index contributed by atoms with van der Waals surface area (Å²) in [5.74, 6) is 0.602. The van der Waals surface area contributed by atoms with Gasteiger partial charge in [0.25, 0.3) is 0 Å². The highest BCUT2D eigenvalue weighted by atomic mass is 35.5. The first-order valence-corrected chi connectivity index (χ1v) is 15.1. The van der Waals surface area contributed by atoms with E-state index in [-0.39, 0.29) is 18.0 Å². The maximum Gasteiger partial charge on any atom is 0.471 e. The van der Waals surface area contributed by atoms with E-state index in [9.17, 15) is 13.2 Å². The van der Waals surface area contributed by atoms with Gasteiger partial charge in [0.1, 0.15) is 17.8 Å². The molecule has 0 saturated carbocycles. The van der Waals surface area contributed by atoms with Crippen molar-refractivity contribution in [3.8, 4) is 17.3 Å². The second-order valence-electron chi connectivity index (χ2n) is 11.3. The number of piperidine rings is 1. The lowest BCUT2D eigenvalue weighted by Crippen LogP contribution is -2.39. The molecule has 2 aromatic carbocycles. The number of nitrogens with zero attached hydrogens (tertiary/aromatic N) is 7. The van der Waals surface area contributed by atoms with Crippen molar-refractivity contribution in [1.82, 2.24) is 34.6 Å². The average Bonchev–Trinajstić information content (AvgIpc) is 3.63. The summed E-state index contributed by atoms with van der Waals surface area (Å²) in [6.07, 6.45) is 0.348. The topological polar surface area (TPSA) is 104 Å². The summed E-state index contributed by atoms with van der Waals surface area (Å²) < 4.78 is 57.5. The fourth-order valence-corrected chi connectivity index (χ4v) is 5.73. The lowest BCUT2D eigenvalue weighted by atomic mass is 10.1. The Hall–Kier alpha value is -4.07. The number of hydrogen-bond acceptors (Lipinski definition) is 9. The maximum atomic E-state index is 13.0. The van der Waals surface area contributed by atoms with E-state index in [2.05, 4.69) is 34.1 Å². The number of likely N-dealkylation sites (tertiary alicyclic amines) is 1. The SMILES string of the molecule is FC(F)(F)c1nc(-c2ccc3c(c2)nc(CN2CCC(Oc4ccnc(Cc5ccc(Cl)cc5)n4)CC2)n3CC2CCO2)no1. The van der Waals surface area contributed by atoms with Gasteiger partial charge in [0.15, 0.2) is 0 Å². The van der Waals surface area contributed by atoms with Crippen LogP contribution in [0.25, 0.3) is 22.4 Å². The van der Waals surface area contributed by atoms with Crippen LogP contribution in [0.3, 0.4) is 0 Å². The Bertz CT molecular complexity index is 1780. The number of imidazole rings is 1. The van der Waals surface area contributed by atoms with Gasteiger partial charge in [-0.3, -0.25) is 4.90 Å². The van der Waals surface area contributed by atoms with Crippen LogP contribution < -0.4 is 4.74 Å². The molecule has 14 heteroatoms. The zero-order valence-electron chi connectivity index (χ0n) is 24.1. The van der Waals surface area contributed by atoms with Crippen molar-refractivity contribution in [2.24, 2.45) is 0 Å². The lowest BCUT2D eigenvalue weighted by molar-refractivity contribution is -0.159. The molecule has 2 saturated heterocycles. The molecule has 5 heterocycles. The Morgan fingerprint density at radius 1 is 0.978 bits per heavy atom. The number of alkyl halides is 3. The van der Waals surface area contributed by atoms with Gasteiger partial charge in [0.2, 0.25) is 11.7 Å². The van der Waals surface area contributed by atoms with Crippen LogP contribution in [-0.4, -0.2) is 66.5 Å². The molecular formula is C31H29ClF3N7O3. The maximum absolute atomic E-state index is 13.0. The van der Waals surface area contributed by atoms with Crippen molar-refractivity contribution in [1.29, 1.82) is 0 Å². The molecule has 0 amide bonds. The standard InChI is InChI=1S/C31H29ClF3N7O3/c32-21-4-1-19(2-5-21)15-26-36-11-7-28(38-26)44-22-8-12-41(13-9-22)18-27-37-24-16-20(29-39-30(45-40-29)31(33,34)35)3-6-25(24)42(27)17-23-10-14-43-23/h1-7,11,16,22-23H,8-10,12-15,17-18H2. The zero-order chi connectivity index (χ0) is 31.0. The first-order valence-electron chi connectivity index (χ1n) is 14.7. The predicted molar refractivity (Wildman–Crippen MR) is 158 cm³/mol. The van der Waals surface area contributed by atoms with E-state index in [1.54, 1.807) is 24.4 Å². The monoisotopic (exact) mass is 639 g/mol. The van der Waals surface area contributed by atoms with Crippen molar-refractivity contribution in [2.75, 3.05) is 19.7 Å². The third-order valence-corrected chi connectivity index (χ3v) is 8.33. The molecular weight excluding hydrogens is 611 g/mol. The number of benzene rings is 2. The number of fused-ring (bicyclic) bond motifs is 1. The Kier molecular flexibility index (Phi) is 8.15. The molecule has 1 atom stereocenters. The van der Waals surface area contributed by atoms with E-state index < -0.39 is 12.1 Å². The molecule has 2 aliphatic rings. The van der Waals surface area contributed by atoms with Gasteiger partial charge in [0, 0.05) is 49.0 Å².